The number of pyridine rings is 1. The Balaban J connectivity index is 2.73. The van der Waals surface area contributed by atoms with Gasteiger partial charge in [-0.15, -0.1) is 0 Å². The van der Waals surface area contributed by atoms with E-state index >= 15 is 0 Å². The number of aromatic nitrogens is 1. The summed E-state index contributed by atoms with van der Waals surface area (Å²) in [5, 5.41) is 0.601. The molecule has 0 unspecified atom stereocenters. The van der Waals surface area contributed by atoms with Gasteiger partial charge in [0.25, 0.3) is 5.24 Å². The Hall–Kier alpha value is -1.41. The molecule has 0 bridgehead atoms. The van der Waals surface area contributed by atoms with E-state index in [9.17, 15) is 4.79 Å². The van der Waals surface area contributed by atoms with Crippen LogP contribution in [0.2, 0.25) is 0 Å². The lowest BCUT2D eigenvalue weighted by Gasteiger charge is -2.01. The first-order valence-electron chi connectivity index (χ1n) is 4.23. The molecule has 0 fully saturated rings. The molecule has 0 aliphatic heterocycles. The molecule has 0 atom stereocenters. The monoisotopic (exact) mass is 205 g/mol. The standard InChI is InChI=1S/C11H8ClNO/c1-7-4-5-13-10-6-8(11(12)14)2-3-9(7)10/h2-6H,1H3. The third kappa shape index (κ3) is 1.49. The largest absolute Gasteiger partial charge is 0.276 e. The number of fused-ring (bicyclic) bond motifs is 1. The average molecular weight is 206 g/mol. The Bertz CT molecular complexity index is 508. The fourth-order valence-corrected chi connectivity index (χ4v) is 1.53. The lowest BCUT2D eigenvalue weighted by Crippen LogP contribution is -1.90. The van der Waals surface area contributed by atoms with Crippen molar-refractivity contribution in [3.8, 4) is 0 Å². The van der Waals surface area contributed by atoms with E-state index in [1.807, 2.05) is 19.1 Å². The van der Waals surface area contributed by atoms with Crippen LogP contribution in [0.4, 0.5) is 0 Å². The zero-order valence-electron chi connectivity index (χ0n) is 7.62. The summed E-state index contributed by atoms with van der Waals surface area (Å²) in [5.74, 6) is 0. The summed E-state index contributed by atoms with van der Waals surface area (Å²) in [6.45, 7) is 2.01. The normalized spacial score (nSPS) is 10.4. The van der Waals surface area contributed by atoms with Crippen LogP contribution in [0.5, 0.6) is 0 Å². The first kappa shape index (κ1) is 9.16. The molecule has 2 aromatic rings. The molecule has 1 aromatic carbocycles. The Labute approximate surface area is 86.5 Å². The Morgan fingerprint density at radius 2 is 2.14 bits per heavy atom. The molecule has 2 rings (SSSR count). The number of halogens is 1. The van der Waals surface area contributed by atoms with E-state index in [1.54, 1.807) is 18.3 Å². The number of nitrogens with zero attached hydrogens (tertiary/aromatic N) is 1. The van der Waals surface area contributed by atoms with Gasteiger partial charge in [0, 0.05) is 17.1 Å². The fourth-order valence-electron chi connectivity index (χ4n) is 1.41. The van der Waals surface area contributed by atoms with E-state index in [-0.39, 0.29) is 0 Å². The van der Waals surface area contributed by atoms with Gasteiger partial charge in [0.1, 0.15) is 0 Å². The predicted octanol–water partition coefficient (Wildman–Crippen LogP) is 2.92. The minimum absolute atomic E-state index is 0.449. The summed E-state index contributed by atoms with van der Waals surface area (Å²) < 4.78 is 0. The summed E-state index contributed by atoms with van der Waals surface area (Å²) in [6.07, 6.45) is 1.72. The van der Waals surface area contributed by atoms with E-state index in [1.165, 1.54) is 0 Å². The van der Waals surface area contributed by atoms with Crippen LogP contribution in [0.3, 0.4) is 0 Å². The van der Waals surface area contributed by atoms with Crippen LogP contribution in [0.25, 0.3) is 10.9 Å². The Morgan fingerprint density at radius 1 is 1.36 bits per heavy atom. The van der Waals surface area contributed by atoms with Gasteiger partial charge in [-0.05, 0) is 42.3 Å². The molecular weight excluding hydrogens is 198 g/mol. The van der Waals surface area contributed by atoms with Gasteiger partial charge in [-0.1, -0.05) is 6.07 Å². The molecule has 0 aliphatic rings. The highest BCUT2D eigenvalue weighted by molar-refractivity contribution is 6.67. The minimum Gasteiger partial charge on any atom is -0.276 e. The van der Waals surface area contributed by atoms with E-state index < -0.39 is 5.24 Å². The van der Waals surface area contributed by atoms with Crippen molar-refractivity contribution in [1.29, 1.82) is 0 Å². The lowest BCUT2D eigenvalue weighted by molar-refractivity contribution is 0.108. The van der Waals surface area contributed by atoms with Crippen molar-refractivity contribution in [2.45, 2.75) is 6.92 Å². The van der Waals surface area contributed by atoms with Crippen LogP contribution in [-0.2, 0) is 0 Å². The number of carbonyl (C=O) groups is 1. The van der Waals surface area contributed by atoms with Crippen LogP contribution in [0.1, 0.15) is 15.9 Å². The number of aryl methyl sites for hydroxylation is 1. The van der Waals surface area contributed by atoms with E-state index in [0.717, 1.165) is 16.5 Å². The number of hydrogen-bond donors (Lipinski definition) is 0. The zero-order valence-corrected chi connectivity index (χ0v) is 8.38. The van der Waals surface area contributed by atoms with Crippen molar-refractivity contribution in [3.05, 3.63) is 41.6 Å². The number of rotatable bonds is 1. The quantitative estimate of drug-likeness (QED) is 0.670. The third-order valence-electron chi connectivity index (χ3n) is 2.19. The summed E-state index contributed by atoms with van der Waals surface area (Å²) >= 11 is 5.38. The zero-order chi connectivity index (χ0) is 10.1. The second-order valence-corrected chi connectivity index (χ2v) is 3.48. The van der Waals surface area contributed by atoms with Gasteiger partial charge in [0.15, 0.2) is 0 Å². The highest BCUT2D eigenvalue weighted by atomic mass is 35.5. The molecule has 0 amide bonds. The van der Waals surface area contributed by atoms with Crippen LogP contribution >= 0.6 is 11.6 Å². The van der Waals surface area contributed by atoms with Crippen LogP contribution in [-0.4, -0.2) is 10.2 Å². The third-order valence-corrected chi connectivity index (χ3v) is 2.41. The van der Waals surface area contributed by atoms with E-state index in [4.69, 9.17) is 11.6 Å². The van der Waals surface area contributed by atoms with E-state index in [0.29, 0.717) is 5.56 Å². The van der Waals surface area contributed by atoms with Gasteiger partial charge in [-0.3, -0.25) is 9.78 Å². The summed E-state index contributed by atoms with van der Waals surface area (Å²) in [4.78, 5) is 15.1. The molecule has 14 heavy (non-hydrogen) atoms. The van der Waals surface area contributed by atoms with Gasteiger partial charge >= 0.3 is 0 Å². The highest BCUT2D eigenvalue weighted by Gasteiger charge is 2.04. The van der Waals surface area contributed by atoms with Crippen molar-refractivity contribution in [1.82, 2.24) is 4.98 Å². The number of carbonyl (C=O) groups excluding carboxylic acids is 1. The molecule has 2 nitrogen and oxygen atoms in total. The average Bonchev–Trinajstić information content (AvgIpc) is 2.17. The maximum absolute atomic E-state index is 10.9. The number of hydrogen-bond acceptors (Lipinski definition) is 2. The molecule has 0 spiro atoms. The number of benzene rings is 1. The second kappa shape index (κ2) is 3.39. The van der Waals surface area contributed by atoms with Crippen molar-refractivity contribution < 1.29 is 4.79 Å². The van der Waals surface area contributed by atoms with Gasteiger partial charge in [-0.25, -0.2) is 0 Å². The van der Waals surface area contributed by atoms with Crippen LogP contribution in [0, 0.1) is 6.92 Å². The van der Waals surface area contributed by atoms with Crippen LogP contribution in [0.15, 0.2) is 30.5 Å². The Kier molecular flexibility index (Phi) is 2.22. The van der Waals surface area contributed by atoms with Gasteiger partial charge in [0.05, 0.1) is 5.52 Å². The minimum atomic E-state index is -0.449. The predicted molar refractivity (Wildman–Crippen MR) is 56.7 cm³/mol. The molecule has 0 saturated carbocycles. The molecule has 0 aliphatic carbocycles. The fraction of sp³-hybridized carbons (Fsp3) is 0.0909. The molecule has 1 heterocycles. The summed E-state index contributed by atoms with van der Waals surface area (Å²) in [7, 11) is 0. The summed E-state index contributed by atoms with van der Waals surface area (Å²) in [5.41, 5.74) is 2.43. The van der Waals surface area contributed by atoms with Gasteiger partial charge < -0.3 is 0 Å². The maximum atomic E-state index is 10.9. The summed E-state index contributed by atoms with van der Waals surface area (Å²) in [6, 6.07) is 7.22. The van der Waals surface area contributed by atoms with E-state index in [2.05, 4.69) is 4.98 Å². The smallest absolute Gasteiger partial charge is 0.252 e. The van der Waals surface area contributed by atoms with Crippen molar-refractivity contribution in [3.63, 3.8) is 0 Å². The molecule has 1 aromatic heterocycles. The van der Waals surface area contributed by atoms with Gasteiger partial charge in [0.2, 0.25) is 0 Å². The molecule has 0 N–H and O–H groups in total. The van der Waals surface area contributed by atoms with Crippen LogP contribution < -0.4 is 0 Å². The van der Waals surface area contributed by atoms with Gasteiger partial charge in [-0.2, -0.15) is 0 Å². The lowest BCUT2D eigenvalue weighted by atomic mass is 10.1. The first-order chi connectivity index (χ1) is 6.68. The highest BCUT2D eigenvalue weighted by Crippen LogP contribution is 2.18. The second-order valence-electron chi connectivity index (χ2n) is 3.13. The molecule has 0 radical (unpaired) electrons. The maximum Gasteiger partial charge on any atom is 0.252 e. The molecular formula is C11H8ClNO. The van der Waals surface area contributed by atoms with Crippen molar-refractivity contribution in [2.24, 2.45) is 0 Å². The molecule has 70 valence electrons. The Morgan fingerprint density at radius 3 is 2.86 bits per heavy atom. The van der Waals surface area contributed by atoms with Crippen molar-refractivity contribution in [2.75, 3.05) is 0 Å². The van der Waals surface area contributed by atoms with Crippen molar-refractivity contribution >= 4 is 27.7 Å². The molecule has 0 saturated heterocycles. The topological polar surface area (TPSA) is 30.0 Å². The first-order valence-corrected chi connectivity index (χ1v) is 4.61. The molecule has 3 heteroatoms. The SMILES string of the molecule is Cc1ccnc2cc(C(=O)Cl)ccc12.